The molecule has 195 valence electrons. The highest BCUT2D eigenvalue weighted by atomic mass is 32.2. The fourth-order valence-electron chi connectivity index (χ4n) is 4.88. The number of hydrogen-bond donors (Lipinski definition) is 4. The molecule has 37 heavy (non-hydrogen) atoms. The van der Waals surface area contributed by atoms with Crippen molar-refractivity contribution in [2.24, 2.45) is 5.92 Å². The number of aliphatic hydroxyl groups is 1. The molecule has 4 heterocycles. The number of rotatable bonds is 9. The molecule has 0 aromatic carbocycles. The molecule has 0 unspecified atom stereocenters. The second-order valence-electron chi connectivity index (χ2n) is 9.27. The molecule has 0 bridgehead atoms. The number of aliphatic hydroxyl groups excluding tert-OH is 1. The summed E-state index contributed by atoms with van der Waals surface area (Å²) in [5.41, 5.74) is 2.62. The lowest BCUT2D eigenvalue weighted by molar-refractivity contribution is 0.104. The molecular weight excluding hydrogens is 516 g/mol. The molecule has 3 aromatic rings. The number of nitrogens with zero attached hydrogens (tertiary/aromatic N) is 4. The summed E-state index contributed by atoms with van der Waals surface area (Å²) >= 11 is 1.43. The van der Waals surface area contributed by atoms with Gasteiger partial charge in [0.15, 0.2) is 0 Å². The van der Waals surface area contributed by atoms with Crippen LogP contribution in [0.4, 0.5) is 11.6 Å². The number of thiophene rings is 1. The molecule has 4 N–H and O–H groups in total. The predicted molar refractivity (Wildman–Crippen MR) is 139 cm³/mol. The summed E-state index contributed by atoms with van der Waals surface area (Å²) < 4.78 is 32.7. The molecule has 1 saturated carbocycles. The second-order valence-corrected chi connectivity index (χ2v) is 11.7. The third-order valence-corrected chi connectivity index (χ3v) is 8.25. The van der Waals surface area contributed by atoms with Gasteiger partial charge in [-0.1, -0.05) is 6.07 Å². The number of fused-ring (bicyclic) bond motifs is 1. The lowest BCUT2D eigenvalue weighted by Gasteiger charge is -2.17. The molecule has 1 aliphatic heterocycles. The zero-order chi connectivity index (χ0) is 26.2. The van der Waals surface area contributed by atoms with Gasteiger partial charge in [-0.3, -0.25) is 9.35 Å². The zero-order valence-electron chi connectivity index (χ0n) is 20.0. The van der Waals surface area contributed by atoms with Crippen LogP contribution in [0.3, 0.4) is 0 Å². The predicted octanol–water partition coefficient (Wildman–Crippen LogP) is 2.14. The van der Waals surface area contributed by atoms with Crippen LogP contribution in [0.5, 0.6) is 0 Å². The Morgan fingerprint density at radius 1 is 1.32 bits per heavy atom. The van der Waals surface area contributed by atoms with Gasteiger partial charge in [0.05, 0.1) is 16.5 Å². The molecule has 3 aromatic heterocycles. The number of pyridine rings is 1. The molecule has 5 rings (SSSR count). The number of aryl methyl sites for hydroxylation is 1. The Kier molecular flexibility index (Phi) is 7.23. The Bertz CT molecular complexity index is 1410. The largest absolute Gasteiger partial charge is 0.393 e. The van der Waals surface area contributed by atoms with Gasteiger partial charge >= 0.3 is 10.3 Å². The topological polar surface area (TPSA) is 158 Å². The van der Waals surface area contributed by atoms with Gasteiger partial charge in [0.1, 0.15) is 18.0 Å². The van der Waals surface area contributed by atoms with Gasteiger partial charge in [-0.15, -0.1) is 11.3 Å². The molecule has 3 atom stereocenters. The molecule has 2 aliphatic rings. The standard InChI is InChI=1S/C24H27N6O5S2/c1-14-17(12-30-6-4-15-3-2-5-26-24(15)30)8-21(36-14)22(32)19-11-25-13-27-23(19)29-18-7-16(20(31)9-18)10-28-37(33,34)35/h2-3,5,8,10-11,13,16,18,20,28,31H,4,6-7,9,12H2,1H3,(H,25,27,29)(H,33,34,35)/t16-,18-,20+/m1/s1. The summed E-state index contributed by atoms with van der Waals surface area (Å²) in [6.07, 6.45) is 5.45. The van der Waals surface area contributed by atoms with Crippen molar-refractivity contribution in [3.05, 3.63) is 69.9 Å². The smallest absolute Gasteiger partial charge is 0.333 e. The minimum Gasteiger partial charge on any atom is -0.393 e. The van der Waals surface area contributed by atoms with E-state index < -0.39 is 22.3 Å². The van der Waals surface area contributed by atoms with Gasteiger partial charge in [0, 0.05) is 48.9 Å². The summed E-state index contributed by atoms with van der Waals surface area (Å²) in [6, 6.07) is 5.70. The number of anilines is 2. The minimum atomic E-state index is -4.39. The number of ketones is 1. The number of aromatic nitrogens is 3. The Balaban J connectivity index is 1.29. The minimum absolute atomic E-state index is 0.197. The SMILES string of the molecule is Cc1sc(C(=O)c2cncnc2N[C@H]2C[C@H](O)[C@@H]([CH]NS(=O)(=O)O)C2)cc1CN1CCc2cccnc21. The van der Waals surface area contributed by atoms with Crippen molar-refractivity contribution in [3.63, 3.8) is 0 Å². The van der Waals surface area contributed by atoms with Gasteiger partial charge in [-0.2, -0.15) is 13.1 Å². The van der Waals surface area contributed by atoms with Crippen LogP contribution in [-0.2, 0) is 23.3 Å². The Morgan fingerprint density at radius 3 is 2.97 bits per heavy atom. The maximum absolute atomic E-state index is 13.5. The fraction of sp³-hybridized carbons (Fsp3) is 0.375. The van der Waals surface area contributed by atoms with Gasteiger partial charge in [-0.25, -0.2) is 15.0 Å². The summed E-state index contributed by atoms with van der Waals surface area (Å²) in [7, 11) is -4.39. The van der Waals surface area contributed by atoms with E-state index in [0.29, 0.717) is 35.6 Å². The van der Waals surface area contributed by atoms with Crippen molar-refractivity contribution in [2.75, 3.05) is 16.8 Å². The molecule has 11 nitrogen and oxygen atoms in total. The van der Waals surface area contributed by atoms with E-state index in [4.69, 9.17) is 4.55 Å². The molecule has 0 saturated heterocycles. The van der Waals surface area contributed by atoms with Gasteiger partial charge in [0.2, 0.25) is 5.78 Å². The first kappa shape index (κ1) is 25.7. The van der Waals surface area contributed by atoms with E-state index in [1.54, 1.807) is 6.20 Å². The summed E-state index contributed by atoms with van der Waals surface area (Å²) in [5, 5.41) is 13.5. The molecule has 13 heteroatoms. The van der Waals surface area contributed by atoms with Crippen molar-refractivity contribution >= 4 is 39.1 Å². The third kappa shape index (κ3) is 5.80. The molecule has 0 spiro atoms. The van der Waals surface area contributed by atoms with Crippen molar-refractivity contribution in [1.29, 1.82) is 0 Å². The number of hydrogen-bond acceptors (Lipinski definition) is 10. The van der Waals surface area contributed by atoms with E-state index in [9.17, 15) is 18.3 Å². The summed E-state index contributed by atoms with van der Waals surface area (Å²) in [4.78, 5) is 30.2. The van der Waals surface area contributed by atoms with Crippen LogP contribution in [0.2, 0.25) is 0 Å². The highest BCUT2D eigenvalue weighted by molar-refractivity contribution is 7.83. The van der Waals surface area contributed by atoms with E-state index >= 15 is 0 Å². The first-order valence-electron chi connectivity index (χ1n) is 11.8. The maximum atomic E-state index is 13.5. The third-order valence-electron chi connectivity index (χ3n) is 6.73. The number of nitrogens with one attached hydrogen (secondary N) is 2. The van der Waals surface area contributed by atoms with Gasteiger partial charge in [0.25, 0.3) is 0 Å². The molecular formula is C24H27N6O5S2. The quantitative estimate of drug-likeness (QED) is 0.233. The van der Waals surface area contributed by atoms with Crippen LogP contribution < -0.4 is 14.9 Å². The van der Waals surface area contributed by atoms with Crippen LogP contribution in [0.25, 0.3) is 0 Å². The number of carbonyl (C=O) groups excluding carboxylic acids is 1. The highest BCUT2D eigenvalue weighted by Gasteiger charge is 2.34. The van der Waals surface area contributed by atoms with Crippen LogP contribution >= 0.6 is 11.3 Å². The monoisotopic (exact) mass is 543 g/mol. The van der Waals surface area contributed by atoms with Gasteiger partial charge < -0.3 is 15.3 Å². The van der Waals surface area contributed by atoms with Crippen LogP contribution in [0.15, 0.2) is 36.9 Å². The first-order chi connectivity index (χ1) is 17.7. The average molecular weight is 544 g/mol. The molecule has 1 radical (unpaired) electrons. The zero-order valence-corrected chi connectivity index (χ0v) is 21.7. The van der Waals surface area contributed by atoms with Crippen LogP contribution in [0, 0.1) is 19.4 Å². The maximum Gasteiger partial charge on any atom is 0.333 e. The van der Waals surface area contributed by atoms with E-state index in [0.717, 1.165) is 35.8 Å². The lowest BCUT2D eigenvalue weighted by atomic mass is 10.1. The van der Waals surface area contributed by atoms with Gasteiger partial charge in [-0.05, 0) is 49.4 Å². The lowest BCUT2D eigenvalue weighted by Crippen LogP contribution is -2.27. The fourth-order valence-corrected chi connectivity index (χ4v) is 6.21. The second kappa shape index (κ2) is 10.4. The summed E-state index contributed by atoms with van der Waals surface area (Å²) in [6.45, 7) is 4.73. The normalized spacial score (nSPS) is 21.3. The van der Waals surface area contributed by atoms with E-state index in [2.05, 4.69) is 31.2 Å². The Morgan fingerprint density at radius 2 is 2.16 bits per heavy atom. The van der Waals surface area contributed by atoms with E-state index in [-0.39, 0.29) is 11.8 Å². The van der Waals surface area contributed by atoms with Crippen molar-refractivity contribution in [3.8, 4) is 0 Å². The molecule has 1 fully saturated rings. The number of carbonyl (C=O) groups is 1. The van der Waals surface area contributed by atoms with Crippen molar-refractivity contribution in [1.82, 2.24) is 19.7 Å². The Labute approximate surface area is 218 Å². The van der Waals surface area contributed by atoms with Crippen LogP contribution in [0.1, 0.15) is 44.1 Å². The molecule has 1 aliphatic carbocycles. The van der Waals surface area contributed by atoms with E-state index in [1.807, 2.05) is 23.8 Å². The van der Waals surface area contributed by atoms with Crippen molar-refractivity contribution in [2.45, 2.75) is 44.9 Å². The van der Waals surface area contributed by atoms with Crippen LogP contribution in [-0.4, -0.2) is 57.5 Å². The average Bonchev–Trinajstić information content (AvgIpc) is 3.54. The van der Waals surface area contributed by atoms with Crippen molar-refractivity contribution < 1.29 is 22.9 Å². The Hall–Kier alpha value is -2.97. The summed E-state index contributed by atoms with van der Waals surface area (Å²) in [5.74, 6) is 0.640. The molecule has 0 amide bonds. The highest BCUT2D eigenvalue weighted by Crippen LogP contribution is 2.33. The van der Waals surface area contributed by atoms with E-state index in [1.165, 1.54) is 29.4 Å². The first-order valence-corrected chi connectivity index (χ1v) is 14.1.